The number of rotatable bonds is 4. The second-order valence-corrected chi connectivity index (χ2v) is 3.69. The summed E-state index contributed by atoms with van der Waals surface area (Å²) in [6, 6.07) is 4.16. The Labute approximate surface area is 104 Å². The highest BCUT2D eigenvalue weighted by Gasteiger charge is 2.19. The van der Waals surface area contributed by atoms with Gasteiger partial charge in [0.05, 0.1) is 26.7 Å². The standard InChI is InChI=1S/C13H13FO4/c1-16-11-5-9(10(14)6-12(11)17-2)13(15)8-3-4-18-7-8/h3-7,13,15H,1-2H3. The SMILES string of the molecule is COc1cc(F)c(C(O)c2ccoc2)cc1OC. The highest BCUT2D eigenvalue weighted by atomic mass is 19.1. The number of hydrogen-bond acceptors (Lipinski definition) is 4. The summed E-state index contributed by atoms with van der Waals surface area (Å²) in [7, 11) is 2.87. The van der Waals surface area contributed by atoms with Crippen LogP contribution in [0.15, 0.2) is 35.1 Å². The predicted octanol–water partition coefficient (Wildman–Crippen LogP) is 2.52. The lowest BCUT2D eigenvalue weighted by Gasteiger charge is -2.14. The average Bonchev–Trinajstić information content (AvgIpc) is 2.91. The van der Waals surface area contributed by atoms with E-state index in [0.717, 1.165) is 0 Å². The summed E-state index contributed by atoms with van der Waals surface area (Å²) in [5.41, 5.74) is 0.579. The molecule has 0 spiro atoms. The minimum atomic E-state index is -1.11. The van der Waals surface area contributed by atoms with Crippen LogP contribution in [0, 0.1) is 5.82 Å². The van der Waals surface area contributed by atoms with Gasteiger partial charge in [-0.3, -0.25) is 0 Å². The highest BCUT2D eigenvalue weighted by Crippen LogP contribution is 2.34. The Balaban J connectivity index is 2.45. The molecule has 5 heteroatoms. The first-order valence-corrected chi connectivity index (χ1v) is 5.29. The molecule has 1 heterocycles. The van der Waals surface area contributed by atoms with E-state index in [9.17, 15) is 9.50 Å². The number of hydrogen-bond donors (Lipinski definition) is 1. The first-order valence-electron chi connectivity index (χ1n) is 5.29. The Hall–Kier alpha value is -2.01. The van der Waals surface area contributed by atoms with Crippen LogP contribution in [0.5, 0.6) is 11.5 Å². The van der Waals surface area contributed by atoms with Crippen molar-refractivity contribution < 1.29 is 23.4 Å². The maximum absolute atomic E-state index is 13.9. The van der Waals surface area contributed by atoms with Crippen molar-refractivity contribution in [3.8, 4) is 11.5 Å². The fraction of sp³-hybridized carbons (Fsp3) is 0.231. The van der Waals surface area contributed by atoms with Crippen LogP contribution < -0.4 is 9.47 Å². The van der Waals surface area contributed by atoms with E-state index in [2.05, 4.69) is 0 Å². The molecule has 0 aliphatic rings. The fourth-order valence-electron chi connectivity index (χ4n) is 1.69. The van der Waals surface area contributed by atoms with Crippen molar-refractivity contribution in [2.45, 2.75) is 6.10 Å². The van der Waals surface area contributed by atoms with E-state index in [1.807, 2.05) is 0 Å². The van der Waals surface area contributed by atoms with Gasteiger partial charge in [0.1, 0.15) is 11.9 Å². The van der Waals surface area contributed by atoms with Gasteiger partial charge in [-0.2, -0.15) is 0 Å². The van der Waals surface area contributed by atoms with Gasteiger partial charge in [0.15, 0.2) is 11.5 Å². The summed E-state index contributed by atoms with van der Waals surface area (Å²) in [5, 5.41) is 10.0. The fourth-order valence-corrected chi connectivity index (χ4v) is 1.69. The van der Waals surface area contributed by atoms with Crippen molar-refractivity contribution in [2.75, 3.05) is 14.2 Å². The lowest BCUT2D eigenvalue weighted by Crippen LogP contribution is -2.03. The molecule has 1 aromatic carbocycles. The van der Waals surface area contributed by atoms with Crippen LogP contribution in [0.3, 0.4) is 0 Å². The Morgan fingerprint density at radius 2 is 1.89 bits per heavy atom. The minimum absolute atomic E-state index is 0.106. The number of furan rings is 1. The molecule has 1 N–H and O–H groups in total. The van der Waals surface area contributed by atoms with Crippen molar-refractivity contribution in [3.05, 3.63) is 47.7 Å². The monoisotopic (exact) mass is 252 g/mol. The molecule has 0 aliphatic carbocycles. The zero-order valence-electron chi connectivity index (χ0n) is 10.0. The van der Waals surface area contributed by atoms with Gasteiger partial charge in [-0.15, -0.1) is 0 Å². The topological polar surface area (TPSA) is 51.8 Å². The van der Waals surface area contributed by atoms with Crippen molar-refractivity contribution in [1.29, 1.82) is 0 Å². The molecule has 0 saturated heterocycles. The Kier molecular flexibility index (Phi) is 3.53. The molecule has 0 radical (unpaired) electrons. The van der Waals surface area contributed by atoms with Crippen molar-refractivity contribution in [1.82, 2.24) is 0 Å². The van der Waals surface area contributed by atoms with Crippen LogP contribution in [0.25, 0.3) is 0 Å². The van der Waals surface area contributed by atoms with Crippen LogP contribution in [0.1, 0.15) is 17.2 Å². The molecule has 1 aromatic heterocycles. The van der Waals surface area contributed by atoms with Gasteiger partial charge >= 0.3 is 0 Å². The summed E-state index contributed by atoms with van der Waals surface area (Å²) in [5.74, 6) is 0.0657. The Bertz CT molecular complexity index is 522. The van der Waals surface area contributed by atoms with Crippen molar-refractivity contribution in [3.63, 3.8) is 0 Å². The molecule has 0 amide bonds. The molecule has 2 aromatic rings. The van der Waals surface area contributed by atoms with Crippen molar-refractivity contribution >= 4 is 0 Å². The number of ether oxygens (including phenoxy) is 2. The molecular formula is C13H13FO4. The van der Waals surface area contributed by atoms with Gasteiger partial charge in [-0.1, -0.05) is 0 Å². The third-order valence-corrected chi connectivity index (χ3v) is 2.66. The molecule has 96 valence electrons. The van der Waals surface area contributed by atoms with Crippen LogP contribution in [-0.2, 0) is 0 Å². The smallest absolute Gasteiger partial charge is 0.163 e. The van der Waals surface area contributed by atoms with Gasteiger partial charge in [-0.25, -0.2) is 4.39 Å². The molecule has 18 heavy (non-hydrogen) atoms. The largest absolute Gasteiger partial charge is 0.493 e. The summed E-state index contributed by atoms with van der Waals surface area (Å²) in [6.07, 6.45) is 1.67. The first kappa shape index (κ1) is 12.4. The highest BCUT2D eigenvalue weighted by molar-refractivity contribution is 5.45. The van der Waals surface area contributed by atoms with Crippen LogP contribution in [-0.4, -0.2) is 19.3 Å². The molecule has 2 rings (SSSR count). The number of methoxy groups -OCH3 is 2. The Morgan fingerprint density at radius 1 is 1.22 bits per heavy atom. The number of benzene rings is 1. The number of aliphatic hydroxyl groups excluding tert-OH is 1. The lowest BCUT2D eigenvalue weighted by molar-refractivity contribution is 0.213. The van der Waals surface area contributed by atoms with E-state index in [0.29, 0.717) is 11.3 Å². The van der Waals surface area contributed by atoms with Gasteiger partial charge in [0.25, 0.3) is 0 Å². The summed E-state index contributed by atoms with van der Waals surface area (Å²) < 4.78 is 28.8. The van der Waals surface area contributed by atoms with E-state index in [4.69, 9.17) is 13.9 Å². The maximum Gasteiger partial charge on any atom is 0.163 e. The van der Waals surface area contributed by atoms with Crippen LogP contribution >= 0.6 is 0 Å². The first-order chi connectivity index (χ1) is 8.67. The third-order valence-electron chi connectivity index (χ3n) is 2.66. The predicted molar refractivity (Wildman–Crippen MR) is 62.3 cm³/mol. The maximum atomic E-state index is 13.9. The quantitative estimate of drug-likeness (QED) is 0.908. The molecule has 0 fully saturated rings. The molecule has 0 saturated carbocycles. The van der Waals surface area contributed by atoms with Gasteiger partial charge in [0, 0.05) is 17.2 Å². The molecule has 4 nitrogen and oxygen atoms in total. The zero-order valence-corrected chi connectivity index (χ0v) is 10.0. The van der Waals surface area contributed by atoms with Crippen LogP contribution in [0.2, 0.25) is 0 Å². The number of aliphatic hydroxyl groups is 1. The average molecular weight is 252 g/mol. The molecule has 1 unspecified atom stereocenters. The van der Waals surface area contributed by atoms with Gasteiger partial charge in [-0.05, 0) is 12.1 Å². The number of halogens is 1. The van der Waals surface area contributed by atoms with Gasteiger partial charge < -0.3 is 19.0 Å². The summed E-state index contributed by atoms with van der Waals surface area (Å²) in [4.78, 5) is 0. The molecule has 0 aliphatic heterocycles. The lowest BCUT2D eigenvalue weighted by atomic mass is 10.0. The second-order valence-electron chi connectivity index (χ2n) is 3.69. The van der Waals surface area contributed by atoms with E-state index in [1.54, 1.807) is 6.07 Å². The molecule has 1 atom stereocenters. The van der Waals surface area contributed by atoms with Crippen LogP contribution in [0.4, 0.5) is 4.39 Å². The van der Waals surface area contributed by atoms with E-state index < -0.39 is 11.9 Å². The molecule has 0 bridgehead atoms. The summed E-state index contributed by atoms with van der Waals surface area (Å²) >= 11 is 0. The van der Waals surface area contributed by atoms with E-state index >= 15 is 0 Å². The van der Waals surface area contributed by atoms with Crippen molar-refractivity contribution in [2.24, 2.45) is 0 Å². The minimum Gasteiger partial charge on any atom is -0.493 e. The van der Waals surface area contributed by atoms with E-state index in [1.165, 1.54) is 38.9 Å². The Morgan fingerprint density at radius 3 is 2.44 bits per heavy atom. The zero-order chi connectivity index (χ0) is 13.1. The normalized spacial score (nSPS) is 12.2. The van der Waals surface area contributed by atoms with E-state index in [-0.39, 0.29) is 11.3 Å². The van der Waals surface area contributed by atoms with Gasteiger partial charge in [0.2, 0.25) is 0 Å². The third kappa shape index (κ3) is 2.17. The summed E-state index contributed by atoms with van der Waals surface area (Å²) in [6.45, 7) is 0. The molecular weight excluding hydrogens is 239 g/mol. The second kappa shape index (κ2) is 5.10.